The molecule has 17 heteroatoms. The summed E-state index contributed by atoms with van der Waals surface area (Å²) in [4.78, 5) is 73.6. The zero-order valence-electron chi connectivity index (χ0n) is 40.5. The molecule has 7 heterocycles. The fourth-order valence-corrected chi connectivity index (χ4v) is 11.8. The summed E-state index contributed by atoms with van der Waals surface area (Å²) in [6.07, 6.45) is 9.09. The molecule has 5 aliphatic rings. The number of hydrogen-bond donors (Lipinski definition) is 4. The number of nitrogens with zero attached hydrogens (tertiary/aromatic N) is 4. The topological polar surface area (TPSA) is 202 Å². The number of carbonyl (C=O) groups is 4. The lowest BCUT2D eigenvalue weighted by atomic mass is 9.68. The number of aromatic nitrogens is 4. The van der Waals surface area contributed by atoms with Crippen molar-refractivity contribution in [1.29, 1.82) is 0 Å². The van der Waals surface area contributed by atoms with E-state index in [0.717, 1.165) is 100 Å². The average molecular weight is 957 g/mol. The molecule has 0 aliphatic carbocycles. The molecule has 3 aromatic carbocycles. The van der Waals surface area contributed by atoms with Gasteiger partial charge in [0, 0.05) is 80.2 Å². The molecular formula is C53H64N8O9. The van der Waals surface area contributed by atoms with Gasteiger partial charge in [-0.05, 0) is 105 Å². The van der Waals surface area contributed by atoms with Gasteiger partial charge in [-0.3, -0.25) is 9.59 Å². The van der Waals surface area contributed by atoms with E-state index >= 15 is 0 Å². The molecule has 0 bridgehead atoms. The number of imidazole rings is 2. The average Bonchev–Trinajstić information content (AvgIpc) is 4.26. The molecule has 4 fully saturated rings. The van der Waals surface area contributed by atoms with E-state index in [2.05, 4.69) is 83.0 Å². The number of rotatable bonds is 12. The summed E-state index contributed by atoms with van der Waals surface area (Å²) in [5.74, 6) is 2.58. The molecule has 0 spiro atoms. The number of carbonyl (C=O) groups excluding carboxylic acids is 4. The fraction of sp³-hybridized carbons (Fsp3) is 0.509. The summed E-state index contributed by atoms with van der Waals surface area (Å²) in [5.41, 5.74) is 5.55. The number of methoxy groups -OCH3 is 1. The van der Waals surface area contributed by atoms with E-state index in [1.54, 1.807) is 0 Å². The molecular weight excluding hydrogens is 893 g/mol. The van der Waals surface area contributed by atoms with E-state index in [4.69, 9.17) is 33.7 Å². The molecule has 5 aliphatic heterocycles. The number of hydrogen-bond acceptors (Lipinski definition) is 11. The highest BCUT2D eigenvalue weighted by atomic mass is 16.6. The lowest BCUT2D eigenvalue weighted by molar-refractivity contribution is -0.146. The SMILES string of the molecule is CCC1(CC)c2ccc(-c3cnc([C@@H]4CCCN4C(=O)[C@H](OC(=O)NC)C4CCOCC4)[nH]3)cc2Oc2cc3ccc(-c4cnc(C5CCCN5C(=O)C(NC(=O)OC)C5CCOCC5)[nH]4)cc3cc21. The molecule has 2 aromatic heterocycles. The van der Waals surface area contributed by atoms with Gasteiger partial charge in [-0.2, -0.15) is 0 Å². The van der Waals surface area contributed by atoms with E-state index in [0.29, 0.717) is 71.0 Å². The Kier molecular flexibility index (Phi) is 13.6. The van der Waals surface area contributed by atoms with Gasteiger partial charge in [0.2, 0.25) is 5.91 Å². The minimum absolute atomic E-state index is 0.0419. The number of alkyl carbamates (subject to hydrolysis) is 2. The molecule has 0 radical (unpaired) electrons. The van der Waals surface area contributed by atoms with Gasteiger partial charge in [-0.1, -0.05) is 38.1 Å². The van der Waals surface area contributed by atoms with E-state index in [9.17, 15) is 19.2 Å². The quantitative estimate of drug-likeness (QED) is 0.0935. The summed E-state index contributed by atoms with van der Waals surface area (Å²) in [5, 5.41) is 7.47. The van der Waals surface area contributed by atoms with E-state index in [1.807, 2.05) is 22.2 Å². The van der Waals surface area contributed by atoms with Gasteiger partial charge in [-0.15, -0.1) is 0 Å². The summed E-state index contributed by atoms with van der Waals surface area (Å²) in [6.45, 7) is 7.77. The summed E-state index contributed by atoms with van der Waals surface area (Å²) in [7, 11) is 2.81. The number of benzene rings is 3. The van der Waals surface area contributed by atoms with Crippen molar-refractivity contribution in [3.63, 3.8) is 0 Å². The monoisotopic (exact) mass is 956 g/mol. The second kappa shape index (κ2) is 20.1. The Morgan fingerprint density at radius 3 is 1.91 bits per heavy atom. The van der Waals surface area contributed by atoms with Crippen molar-refractivity contribution < 1.29 is 42.9 Å². The zero-order chi connectivity index (χ0) is 48.5. The minimum Gasteiger partial charge on any atom is -0.457 e. The van der Waals surface area contributed by atoms with Crippen LogP contribution in [-0.2, 0) is 34.0 Å². The van der Waals surface area contributed by atoms with Gasteiger partial charge in [0.25, 0.3) is 5.91 Å². The molecule has 4 saturated heterocycles. The highest BCUT2D eigenvalue weighted by molar-refractivity contribution is 5.90. The number of fused-ring (bicyclic) bond motifs is 3. The first-order valence-corrected chi connectivity index (χ1v) is 25.1. The summed E-state index contributed by atoms with van der Waals surface area (Å²) in [6, 6.07) is 16.0. The maximum atomic E-state index is 14.2. The molecule has 70 heavy (non-hydrogen) atoms. The Balaban J connectivity index is 0.881. The van der Waals surface area contributed by atoms with E-state index in [-0.39, 0.29) is 41.1 Å². The highest BCUT2D eigenvalue weighted by Crippen LogP contribution is 2.53. The van der Waals surface area contributed by atoms with Crippen molar-refractivity contribution in [2.75, 3.05) is 53.7 Å². The van der Waals surface area contributed by atoms with Crippen LogP contribution in [0.2, 0.25) is 0 Å². The largest absolute Gasteiger partial charge is 0.457 e. The van der Waals surface area contributed by atoms with Gasteiger partial charge in [0.05, 0.1) is 43.0 Å². The van der Waals surface area contributed by atoms with Crippen LogP contribution in [0.1, 0.15) is 113 Å². The van der Waals surface area contributed by atoms with Crippen LogP contribution in [0, 0.1) is 11.8 Å². The molecule has 0 saturated carbocycles. The predicted octanol–water partition coefficient (Wildman–Crippen LogP) is 8.46. The van der Waals surface area contributed by atoms with Gasteiger partial charge >= 0.3 is 12.2 Å². The second-order valence-corrected chi connectivity index (χ2v) is 19.3. The van der Waals surface area contributed by atoms with Crippen LogP contribution >= 0.6 is 0 Å². The van der Waals surface area contributed by atoms with Crippen LogP contribution in [-0.4, -0.2) is 120 Å². The van der Waals surface area contributed by atoms with E-state index in [1.165, 1.54) is 14.2 Å². The van der Waals surface area contributed by atoms with Crippen LogP contribution in [0.4, 0.5) is 9.59 Å². The van der Waals surface area contributed by atoms with Gasteiger partial charge in [0.1, 0.15) is 29.2 Å². The Morgan fingerprint density at radius 2 is 1.30 bits per heavy atom. The smallest absolute Gasteiger partial charge is 0.407 e. The van der Waals surface area contributed by atoms with Crippen LogP contribution in [0.25, 0.3) is 33.3 Å². The van der Waals surface area contributed by atoms with Gasteiger partial charge < -0.3 is 54.1 Å². The standard InChI is InChI=1S/C53H64N8O9/c1-5-53(6-2)37-14-13-35(40-30-56-48(58-40)42-10-8-20-61(42)50(63)46(70-51(64)54-3)32-17-23-68-24-18-32)28-43(37)69-44-27-33-11-12-34(25-36(33)26-38(44)53)39-29-55-47(57-39)41-9-7-19-60(41)49(62)45(59-52(65)66-4)31-15-21-67-22-16-31/h11-14,25-32,41-42,45-46H,5-10,15-24H2,1-4H3,(H,54,64)(H,55,57)(H,56,58)(H,59,65)/t41?,42-,45?,46+/m0/s1. The Labute approximate surface area is 407 Å². The maximum absolute atomic E-state index is 14.2. The number of nitrogens with one attached hydrogen (secondary N) is 4. The highest BCUT2D eigenvalue weighted by Gasteiger charge is 2.44. The number of aromatic amines is 2. The van der Waals surface area contributed by atoms with Crippen LogP contribution in [0.3, 0.4) is 0 Å². The van der Waals surface area contributed by atoms with E-state index < -0.39 is 24.3 Å². The van der Waals surface area contributed by atoms with Crippen molar-refractivity contribution in [3.8, 4) is 34.0 Å². The lowest BCUT2D eigenvalue weighted by Crippen LogP contribution is -2.53. The van der Waals surface area contributed by atoms with Crippen molar-refractivity contribution in [3.05, 3.63) is 83.7 Å². The molecule has 5 aromatic rings. The first kappa shape index (κ1) is 47.2. The zero-order valence-corrected chi connectivity index (χ0v) is 40.5. The van der Waals surface area contributed by atoms with Crippen LogP contribution in [0.15, 0.2) is 60.9 Å². The maximum Gasteiger partial charge on any atom is 0.407 e. The first-order chi connectivity index (χ1) is 34.1. The van der Waals surface area contributed by atoms with Gasteiger partial charge in [-0.25, -0.2) is 19.6 Å². The van der Waals surface area contributed by atoms with Crippen molar-refractivity contribution >= 4 is 34.8 Å². The fourth-order valence-electron chi connectivity index (χ4n) is 11.8. The van der Waals surface area contributed by atoms with Crippen LogP contribution < -0.4 is 15.4 Å². The predicted molar refractivity (Wildman–Crippen MR) is 260 cm³/mol. The molecule has 4 N–H and O–H groups in total. The number of likely N-dealkylation sites (tertiary alicyclic amines) is 2. The minimum atomic E-state index is -0.893. The Bertz CT molecular complexity index is 2740. The van der Waals surface area contributed by atoms with Crippen molar-refractivity contribution in [1.82, 2.24) is 40.4 Å². The first-order valence-electron chi connectivity index (χ1n) is 25.1. The third-order valence-electron chi connectivity index (χ3n) is 15.7. The van der Waals surface area contributed by atoms with Crippen molar-refractivity contribution in [2.45, 2.75) is 108 Å². The molecule has 4 amide bonds. The van der Waals surface area contributed by atoms with Crippen LogP contribution in [0.5, 0.6) is 11.5 Å². The molecule has 4 atom stereocenters. The number of ether oxygens (including phenoxy) is 5. The lowest BCUT2D eigenvalue weighted by Gasteiger charge is -2.39. The van der Waals surface area contributed by atoms with Crippen molar-refractivity contribution in [2.24, 2.45) is 11.8 Å². The Morgan fingerprint density at radius 1 is 0.714 bits per heavy atom. The molecule has 10 rings (SSSR count). The molecule has 370 valence electrons. The third kappa shape index (κ3) is 8.86. The molecule has 2 unspecified atom stereocenters. The number of amides is 4. The normalized spacial score (nSPS) is 21.1. The Hall–Kier alpha value is -6.46. The number of H-pyrrole nitrogens is 2. The van der Waals surface area contributed by atoms with Gasteiger partial charge in [0.15, 0.2) is 6.10 Å². The molecule has 17 nitrogen and oxygen atoms in total. The third-order valence-corrected chi connectivity index (χ3v) is 15.7. The summed E-state index contributed by atoms with van der Waals surface area (Å²) >= 11 is 0. The summed E-state index contributed by atoms with van der Waals surface area (Å²) < 4.78 is 28.6. The second-order valence-electron chi connectivity index (χ2n) is 19.3.